The summed E-state index contributed by atoms with van der Waals surface area (Å²) in [5.74, 6) is -0.270. The molecule has 0 spiro atoms. The van der Waals surface area contributed by atoms with Gasteiger partial charge in [0.05, 0.1) is 5.56 Å². The van der Waals surface area contributed by atoms with Crippen molar-refractivity contribution in [1.82, 2.24) is 10.2 Å². The van der Waals surface area contributed by atoms with E-state index in [-0.39, 0.29) is 11.5 Å². The Morgan fingerprint density at radius 1 is 1.25 bits per heavy atom. The van der Waals surface area contributed by atoms with Gasteiger partial charge in [-0.25, -0.2) is 4.39 Å². The van der Waals surface area contributed by atoms with Crippen LogP contribution in [0.1, 0.15) is 16.8 Å². The van der Waals surface area contributed by atoms with E-state index < -0.39 is 5.82 Å². The van der Waals surface area contributed by atoms with Crippen LogP contribution in [0.25, 0.3) is 11.1 Å². The Bertz CT molecular complexity index is 733. The predicted octanol–water partition coefficient (Wildman–Crippen LogP) is 3.83. The summed E-state index contributed by atoms with van der Waals surface area (Å²) in [5, 5.41) is 3.76. The number of carbonyl (C=O) groups excluding carboxylic acids is 1. The molecule has 1 N–H and O–H groups in total. The summed E-state index contributed by atoms with van der Waals surface area (Å²) in [6, 6.07) is 12.0. The molecule has 0 bridgehead atoms. The van der Waals surface area contributed by atoms with Gasteiger partial charge in [0.25, 0.3) is 5.91 Å². The fourth-order valence-corrected chi connectivity index (χ4v) is 3.28. The van der Waals surface area contributed by atoms with Crippen LogP contribution in [0.3, 0.4) is 0 Å². The molecule has 0 saturated carbocycles. The molecule has 0 unspecified atom stereocenters. The summed E-state index contributed by atoms with van der Waals surface area (Å²) in [4.78, 5) is 14.3. The third-order valence-corrected chi connectivity index (χ3v) is 4.69. The molecule has 5 heteroatoms. The fourth-order valence-electron chi connectivity index (χ4n) is 3.15. The first-order valence-corrected chi connectivity index (χ1v) is 8.45. The first-order chi connectivity index (χ1) is 11.6. The van der Waals surface area contributed by atoms with Crippen molar-refractivity contribution in [3.63, 3.8) is 0 Å². The van der Waals surface area contributed by atoms with E-state index in [9.17, 15) is 9.18 Å². The smallest absolute Gasteiger partial charge is 0.256 e. The van der Waals surface area contributed by atoms with E-state index in [0.29, 0.717) is 24.0 Å². The van der Waals surface area contributed by atoms with Gasteiger partial charge in [-0.05, 0) is 61.3 Å². The molecular weight excluding hydrogens is 327 g/mol. The molecule has 0 radical (unpaired) electrons. The zero-order valence-corrected chi connectivity index (χ0v) is 14.3. The van der Waals surface area contributed by atoms with Gasteiger partial charge < -0.3 is 10.2 Å². The van der Waals surface area contributed by atoms with Gasteiger partial charge in [-0.15, -0.1) is 0 Å². The third kappa shape index (κ3) is 3.60. The van der Waals surface area contributed by atoms with E-state index in [4.69, 9.17) is 11.6 Å². The van der Waals surface area contributed by atoms with E-state index >= 15 is 0 Å². The van der Waals surface area contributed by atoms with Gasteiger partial charge in [-0.1, -0.05) is 29.8 Å². The lowest BCUT2D eigenvalue weighted by atomic mass is 10.0. The van der Waals surface area contributed by atoms with Crippen LogP contribution in [0.2, 0.25) is 5.02 Å². The highest BCUT2D eigenvalue weighted by Gasteiger charge is 2.27. The molecule has 1 aliphatic heterocycles. The molecule has 0 aliphatic carbocycles. The van der Waals surface area contributed by atoms with Crippen molar-refractivity contribution in [3.05, 3.63) is 58.9 Å². The van der Waals surface area contributed by atoms with Crippen LogP contribution in [0.15, 0.2) is 42.5 Å². The average molecular weight is 347 g/mol. The largest absolute Gasteiger partial charge is 0.338 e. The lowest BCUT2D eigenvalue weighted by molar-refractivity contribution is 0.0782. The molecule has 24 heavy (non-hydrogen) atoms. The summed E-state index contributed by atoms with van der Waals surface area (Å²) in [7, 11) is 1.90. The third-order valence-electron chi connectivity index (χ3n) is 4.44. The van der Waals surface area contributed by atoms with E-state index in [2.05, 4.69) is 5.32 Å². The second kappa shape index (κ2) is 7.32. The van der Waals surface area contributed by atoms with Crippen LogP contribution in [-0.4, -0.2) is 37.5 Å². The minimum Gasteiger partial charge on any atom is -0.338 e. The van der Waals surface area contributed by atoms with Crippen molar-refractivity contribution in [2.75, 3.05) is 26.7 Å². The molecule has 126 valence electrons. The maximum atomic E-state index is 14.5. The summed E-state index contributed by atoms with van der Waals surface area (Å²) in [6.45, 7) is 2.24. The maximum absolute atomic E-state index is 14.5. The van der Waals surface area contributed by atoms with Crippen LogP contribution in [0.5, 0.6) is 0 Å². The number of amides is 1. The first kappa shape index (κ1) is 16.9. The van der Waals surface area contributed by atoms with Crippen molar-refractivity contribution in [2.45, 2.75) is 6.42 Å². The second-order valence-corrected chi connectivity index (χ2v) is 6.60. The molecule has 2 aromatic carbocycles. The Kier molecular flexibility index (Phi) is 5.17. The quantitative estimate of drug-likeness (QED) is 0.912. The number of nitrogens with one attached hydrogen (secondary N) is 1. The Labute approximate surface area is 146 Å². The van der Waals surface area contributed by atoms with Crippen molar-refractivity contribution < 1.29 is 9.18 Å². The van der Waals surface area contributed by atoms with Crippen molar-refractivity contribution in [2.24, 2.45) is 5.92 Å². The fraction of sp³-hybridized carbons (Fsp3) is 0.316. The zero-order chi connectivity index (χ0) is 17.1. The van der Waals surface area contributed by atoms with E-state index in [1.807, 2.05) is 19.2 Å². The summed E-state index contributed by atoms with van der Waals surface area (Å²) in [5.41, 5.74) is 1.74. The number of benzene rings is 2. The average Bonchev–Trinajstić information content (AvgIpc) is 3.04. The van der Waals surface area contributed by atoms with Crippen LogP contribution in [-0.2, 0) is 0 Å². The van der Waals surface area contributed by atoms with Crippen molar-refractivity contribution in [1.29, 1.82) is 0 Å². The molecule has 1 aliphatic rings. The van der Waals surface area contributed by atoms with Crippen LogP contribution in [0.4, 0.5) is 4.39 Å². The van der Waals surface area contributed by atoms with Gasteiger partial charge in [-0.2, -0.15) is 0 Å². The highest BCUT2D eigenvalue weighted by molar-refractivity contribution is 6.30. The molecule has 2 aromatic rings. The monoisotopic (exact) mass is 346 g/mol. The highest BCUT2D eigenvalue weighted by atomic mass is 35.5. The van der Waals surface area contributed by atoms with E-state index in [1.165, 1.54) is 6.07 Å². The summed E-state index contributed by atoms with van der Waals surface area (Å²) < 4.78 is 14.5. The van der Waals surface area contributed by atoms with Gasteiger partial charge in [0.2, 0.25) is 0 Å². The molecule has 1 heterocycles. The highest BCUT2D eigenvalue weighted by Crippen LogP contribution is 2.25. The van der Waals surface area contributed by atoms with Crippen LogP contribution >= 0.6 is 11.6 Å². The van der Waals surface area contributed by atoms with E-state index in [0.717, 1.165) is 24.1 Å². The lowest BCUT2D eigenvalue weighted by Gasteiger charge is -2.17. The minimum absolute atomic E-state index is 0.137. The first-order valence-electron chi connectivity index (χ1n) is 8.08. The van der Waals surface area contributed by atoms with Crippen LogP contribution < -0.4 is 5.32 Å². The molecule has 3 nitrogen and oxygen atoms in total. The number of likely N-dealkylation sites (tertiary alicyclic amines) is 1. The maximum Gasteiger partial charge on any atom is 0.256 e. The zero-order valence-electron chi connectivity index (χ0n) is 13.6. The lowest BCUT2D eigenvalue weighted by Crippen LogP contribution is -2.30. The number of halogens is 2. The molecule has 1 atom stereocenters. The molecule has 1 fully saturated rings. The number of hydrogen-bond donors (Lipinski definition) is 1. The molecule has 3 rings (SSSR count). The van der Waals surface area contributed by atoms with Gasteiger partial charge in [0, 0.05) is 18.1 Å². The number of hydrogen-bond acceptors (Lipinski definition) is 2. The summed E-state index contributed by atoms with van der Waals surface area (Å²) >= 11 is 5.88. The van der Waals surface area contributed by atoms with Crippen molar-refractivity contribution in [3.8, 4) is 11.1 Å². The van der Waals surface area contributed by atoms with E-state index in [1.54, 1.807) is 29.2 Å². The van der Waals surface area contributed by atoms with Crippen molar-refractivity contribution >= 4 is 17.5 Å². The molecule has 1 amide bonds. The van der Waals surface area contributed by atoms with Gasteiger partial charge in [0.1, 0.15) is 5.82 Å². The number of carbonyl (C=O) groups is 1. The Morgan fingerprint density at radius 2 is 1.96 bits per heavy atom. The number of nitrogens with zero attached hydrogens (tertiary/aromatic N) is 1. The Balaban J connectivity index is 1.77. The minimum atomic E-state index is -0.482. The Hall–Kier alpha value is -1.91. The molecule has 0 aromatic heterocycles. The standard InChI is InChI=1S/C19H20ClFN2O/c1-22-11-13-8-9-23(12-13)19(24)17-7-4-15(10-18(17)21)14-2-5-16(20)6-3-14/h2-7,10,13,22H,8-9,11-12H2,1H3/t13-/m0/s1. The molecular formula is C19H20ClFN2O. The van der Waals surface area contributed by atoms with Gasteiger partial charge in [-0.3, -0.25) is 4.79 Å². The predicted molar refractivity (Wildman–Crippen MR) is 94.8 cm³/mol. The topological polar surface area (TPSA) is 32.3 Å². The SMILES string of the molecule is CNC[C@@H]1CCN(C(=O)c2ccc(-c3ccc(Cl)cc3)cc2F)C1. The van der Waals surface area contributed by atoms with Gasteiger partial charge in [0.15, 0.2) is 0 Å². The van der Waals surface area contributed by atoms with Crippen LogP contribution in [0, 0.1) is 11.7 Å². The second-order valence-electron chi connectivity index (χ2n) is 6.17. The number of rotatable bonds is 4. The van der Waals surface area contributed by atoms with Gasteiger partial charge >= 0.3 is 0 Å². The normalized spacial score (nSPS) is 17.3. The molecule has 1 saturated heterocycles. The summed E-state index contributed by atoms with van der Waals surface area (Å²) in [6.07, 6.45) is 0.955. The Morgan fingerprint density at radius 3 is 2.62 bits per heavy atom.